The minimum Gasteiger partial charge on any atom is -0.398 e. The molecule has 0 amide bonds. The molecule has 0 fully saturated rings. The quantitative estimate of drug-likeness (QED) is 0.848. The predicted octanol–water partition coefficient (Wildman–Crippen LogP) is 2.40. The Bertz CT molecular complexity index is 560. The lowest BCUT2D eigenvalue weighted by Gasteiger charge is -2.03. The summed E-state index contributed by atoms with van der Waals surface area (Å²) < 4.78 is 14.7. The van der Waals surface area contributed by atoms with E-state index in [4.69, 9.17) is 5.73 Å². The van der Waals surface area contributed by atoms with Crippen LogP contribution in [0.15, 0.2) is 18.2 Å². The van der Waals surface area contributed by atoms with Crippen molar-refractivity contribution in [3.8, 4) is 11.4 Å². The van der Waals surface area contributed by atoms with Gasteiger partial charge in [-0.1, -0.05) is 13.8 Å². The van der Waals surface area contributed by atoms with Gasteiger partial charge in [-0.05, 0) is 24.1 Å². The van der Waals surface area contributed by atoms with Gasteiger partial charge in [-0.15, -0.1) is 0 Å². The van der Waals surface area contributed by atoms with Crippen LogP contribution < -0.4 is 5.73 Å². The molecule has 1 aromatic carbocycles. The number of hydrogen-bond acceptors (Lipinski definition) is 3. The first-order valence-corrected chi connectivity index (χ1v) is 5.92. The van der Waals surface area contributed by atoms with Crippen LogP contribution in [0.2, 0.25) is 0 Å². The number of aryl methyl sites for hydroxylation is 1. The average Bonchev–Trinajstić information content (AvgIpc) is 2.58. The molecule has 2 N–H and O–H groups in total. The first-order valence-electron chi connectivity index (χ1n) is 5.92. The molecule has 1 aromatic heterocycles. The lowest BCUT2D eigenvalue weighted by atomic mass is 10.1. The van der Waals surface area contributed by atoms with Gasteiger partial charge in [-0.3, -0.25) is 0 Å². The third-order valence-corrected chi connectivity index (χ3v) is 2.65. The van der Waals surface area contributed by atoms with Crippen LogP contribution in [0, 0.1) is 11.7 Å². The molecule has 5 heteroatoms. The molecule has 0 atom stereocenters. The van der Waals surface area contributed by atoms with E-state index in [-0.39, 0.29) is 5.82 Å². The van der Waals surface area contributed by atoms with Crippen LogP contribution in [0.5, 0.6) is 0 Å². The molecule has 96 valence electrons. The largest absolute Gasteiger partial charge is 0.398 e. The second-order valence-electron chi connectivity index (χ2n) is 4.80. The van der Waals surface area contributed by atoms with Gasteiger partial charge in [-0.2, -0.15) is 5.10 Å². The number of hydrogen-bond donors (Lipinski definition) is 1. The number of rotatable bonds is 3. The van der Waals surface area contributed by atoms with Crippen LogP contribution in [0.1, 0.15) is 19.7 Å². The maximum Gasteiger partial charge on any atom is 0.160 e. The van der Waals surface area contributed by atoms with Gasteiger partial charge in [0.25, 0.3) is 0 Å². The van der Waals surface area contributed by atoms with Crippen molar-refractivity contribution in [3.05, 3.63) is 29.8 Å². The Morgan fingerprint density at radius 3 is 2.72 bits per heavy atom. The van der Waals surface area contributed by atoms with Gasteiger partial charge in [0.1, 0.15) is 5.82 Å². The summed E-state index contributed by atoms with van der Waals surface area (Å²) in [4.78, 5) is 4.46. The van der Waals surface area contributed by atoms with Crippen molar-refractivity contribution in [3.63, 3.8) is 0 Å². The number of halogens is 1. The Morgan fingerprint density at radius 2 is 2.11 bits per heavy atom. The Balaban J connectivity index is 2.41. The van der Waals surface area contributed by atoms with Crippen LogP contribution in [-0.4, -0.2) is 14.8 Å². The zero-order valence-electron chi connectivity index (χ0n) is 10.8. The monoisotopic (exact) mass is 248 g/mol. The minimum atomic E-state index is -0.346. The third-order valence-electron chi connectivity index (χ3n) is 2.65. The number of nitrogens with zero attached hydrogens (tertiary/aromatic N) is 3. The van der Waals surface area contributed by atoms with Crippen LogP contribution in [-0.2, 0) is 13.5 Å². The summed E-state index contributed by atoms with van der Waals surface area (Å²) in [6.45, 7) is 4.23. The molecule has 0 spiro atoms. The van der Waals surface area contributed by atoms with E-state index >= 15 is 0 Å². The smallest absolute Gasteiger partial charge is 0.160 e. The lowest BCUT2D eigenvalue weighted by molar-refractivity contribution is 0.613. The SMILES string of the molecule is CC(C)Cc1nc(-c2ccc(F)cc2N)n(C)n1. The van der Waals surface area contributed by atoms with E-state index in [0.29, 0.717) is 23.0 Å². The molecule has 4 nitrogen and oxygen atoms in total. The van der Waals surface area contributed by atoms with Crippen molar-refractivity contribution in [1.82, 2.24) is 14.8 Å². The highest BCUT2D eigenvalue weighted by molar-refractivity contribution is 5.71. The number of aromatic nitrogens is 3. The van der Waals surface area contributed by atoms with Crippen LogP contribution in [0.4, 0.5) is 10.1 Å². The number of nitrogens with two attached hydrogens (primary N) is 1. The molecule has 2 rings (SSSR count). The maximum atomic E-state index is 13.0. The normalized spacial score (nSPS) is 11.2. The summed E-state index contributed by atoms with van der Waals surface area (Å²) in [5, 5.41) is 4.35. The fourth-order valence-electron chi connectivity index (χ4n) is 1.86. The number of nitrogen functional groups attached to an aromatic ring is 1. The molecule has 1 heterocycles. The summed E-state index contributed by atoms with van der Waals surface area (Å²) in [6.07, 6.45) is 0.814. The Morgan fingerprint density at radius 1 is 1.39 bits per heavy atom. The fraction of sp³-hybridized carbons (Fsp3) is 0.385. The van der Waals surface area contributed by atoms with Gasteiger partial charge in [0.05, 0.1) is 0 Å². The molecule has 0 radical (unpaired) electrons. The molecule has 2 aromatic rings. The van der Waals surface area contributed by atoms with Crippen LogP contribution in [0.3, 0.4) is 0 Å². The van der Waals surface area contributed by atoms with Crippen molar-refractivity contribution in [2.45, 2.75) is 20.3 Å². The van der Waals surface area contributed by atoms with Crippen LogP contribution >= 0.6 is 0 Å². The first-order chi connectivity index (χ1) is 8.47. The molecular weight excluding hydrogens is 231 g/mol. The highest BCUT2D eigenvalue weighted by Gasteiger charge is 2.13. The van der Waals surface area contributed by atoms with Gasteiger partial charge in [-0.25, -0.2) is 14.1 Å². The zero-order valence-corrected chi connectivity index (χ0v) is 10.8. The van der Waals surface area contributed by atoms with Gasteiger partial charge >= 0.3 is 0 Å². The number of benzene rings is 1. The molecule has 0 aliphatic carbocycles. The van der Waals surface area contributed by atoms with Gasteiger partial charge < -0.3 is 5.73 Å². The Kier molecular flexibility index (Phi) is 3.32. The van der Waals surface area contributed by atoms with Gasteiger partial charge in [0.15, 0.2) is 11.6 Å². The zero-order chi connectivity index (χ0) is 13.3. The highest BCUT2D eigenvalue weighted by Crippen LogP contribution is 2.24. The summed E-state index contributed by atoms with van der Waals surface area (Å²) in [6, 6.07) is 4.31. The van der Waals surface area contributed by atoms with E-state index < -0.39 is 0 Å². The second kappa shape index (κ2) is 4.76. The van der Waals surface area contributed by atoms with Crippen molar-refractivity contribution in [1.29, 1.82) is 0 Å². The minimum absolute atomic E-state index is 0.346. The van der Waals surface area contributed by atoms with Crippen molar-refractivity contribution >= 4 is 5.69 Å². The fourth-order valence-corrected chi connectivity index (χ4v) is 1.86. The summed E-state index contributed by atoms with van der Waals surface area (Å²) in [5.74, 6) is 1.60. The molecule has 18 heavy (non-hydrogen) atoms. The summed E-state index contributed by atoms with van der Waals surface area (Å²) in [5.41, 5.74) is 6.90. The number of anilines is 1. The summed E-state index contributed by atoms with van der Waals surface area (Å²) in [7, 11) is 1.81. The lowest BCUT2D eigenvalue weighted by Crippen LogP contribution is -1.99. The van der Waals surface area contributed by atoms with E-state index in [1.807, 2.05) is 7.05 Å². The van der Waals surface area contributed by atoms with Crippen molar-refractivity contribution in [2.24, 2.45) is 13.0 Å². The Labute approximate surface area is 106 Å². The maximum absolute atomic E-state index is 13.0. The molecule has 0 saturated heterocycles. The predicted molar refractivity (Wildman–Crippen MR) is 69.4 cm³/mol. The Hall–Kier alpha value is -1.91. The topological polar surface area (TPSA) is 56.7 Å². The van der Waals surface area contributed by atoms with E-state index in [1.54, 1.807) is 10.7 Å². The van der Waals surface area contributed by atoms with E-state index in [2.05, 4.69) is 23.9 Å². The first kappa shape index (κ1) is 12.5. The third kappa shape index (κ3) is 2.50. The molecule has 0 bridgehead atoms. The average molecular weight is 248 g/mol. The van der Waals surface area contributed by atoms with Gasteiger partial charge in [0, 0.05) is 24.7 Å². The van der Waals surface area contributed by atoms with E-state index in [0.717, 1.165) is 12.2 Å². The molecule has 0 aliphatic heterocycles. The second-order valence-corrected chi connectivity index (χ2v) is 4.80. The van der Waals surface area contributed by atoms with E-state index in [9.17, 15) is 4.39 Å². The molecule has 0 aliphatic rings. The molecule has 0 saturated carbocycles. The van der Waals surface area contributed by atoms with Crippen LogP contribution in [0.25, 0.3) is 11.4 Å². The highest BCUT2D eigenvalue weighted by atomic mass is 19.1. The van der Waals surface area contributed by atoms with E-state index in [1.165, 1.54) is 12.1 Å². The van der Waals surface area contributed by atoms with Crippen molar-refractivity contribution in [2.75, 3.05) is 5.73 Å². The molecular formula is C13H17FN4. The standard InChI is InChI=1S/C13H17FN4/c1-8(2)6-12-16-13(18(3)17-12)10-5-4-9(14)7-11(10)15/h4-5,7-8H,6,15H2,1-3H3. The van der Waals surface area contributed by atoms with Crippen molar-refractivity contribution < 1.29 is 4.39 Å². The van der Waals surface area contributed by atoms with Gasteiger partial charge in [0.2, 0.25) is 0 Å². The summed E-state index contributed by atoms with van der Waals surface area (Å²) >= 11 is 0. The molecule has 0 unspecified atom stereocenters.